The Bertz CT molecular complexity index is 263. The molecule has 0 saturated carbocycles. The smallest absolute Gasteiger partial charge is 0.129 e. The lowest BCUT2D eigenvalue weighted by Crippen LogP contribution is -2.45. The number of aldehydes is 1. The number of nitrogens with zero attached hydrogens (tertiary/aromatic N) is 1. The van der Waals surface area contributed by atoms with Crippen LogP contribution in [0.1, 0.15) is 39.5 Å². The van der Waals surface area contributed by atoms with Crippen molar-refractivity contribution in [1.29, 1.82) is 0 Å². The molecule has 0 aromatic heterocycles. The molecule has 2 heterocycles. The first kappa shape index (κ1) is 13.0. The van der Waals surface area contributed by atoms with E-state index in [-0.39, 0.29) is 5.41 Å². The zero-order valence-electron chi connectivity index (χ0n) is 11.2. The van der Waals surface area contributed by atoms with Gasteiger partial charge in [-0.1, -0.05) is 20.3 Å². The van der Waals surface area contributed by atoms with Gasteiger partial charge in [-0.2, -0.15) is 0 Å². The second-order valence-corrected chi connectivity index (χ2v) is 6.22. The van der Waals surface area contributed by atoms with Crippen LogP contribution in [0, 0.1) is 10.8 Å². The largest absolute Gasteiger partial charge is 0.380 e. The SMILES string of the molecule is CCC1(C)CCN(CC2(C=O)CCOC2)CC1. The van der Waals surface area contributed by atoms with Crippen molar-refractivity contribution in [2.24, 2.45) is 10.8 Å². The van der Waals surface area contributed by atoms with Crippen LogP contribution in [0.15, 0.2) is 0 Å². The van der Waals surface area contributed by atoms with E-state index in [4.69, 9.17) is 4.74 Å². The Morgan fingerprint density at radius 3 is 2.47 bits per heavy atom. The third-order valence-electron chi connectivity index (χ3n) is 4.84. The average Bonchev–Trinajstić information content (AvgIpc) is 2.82. The number of piperidine rings is 1. The van der Waals surface area contributed by atoms with E-state index in [0.717, 1.165) is 38.9 Å². The van der Waals surface area contributed by atoms with Gasteiger partial charge in [0.1, 0.15) is 6.29 Å². The van der Waals surface area contributed by atoms with E-state index in [2.05, 4.69) is 18.7 Å². The highest BCUT2D eigenvalue weighted by molar-refractivity contribution is 5.60. The molecule has 0 amide bonds. The Kier molecular flexibility index (Phi) is 3.88. The molecule has 2 rings (SSSR count). The maximum atomic E-state index is 11.3. The summed E-state index contributed by atoms with van der Waals surface area (Å²) in [6.07, 6.45) is 5.83. The van der Waals surface area contributed by atoms with E-state index in [1.54, 1.807) is 0 Å². The maximum Gasteiger partial charge on any atom is 0.129 e. The topological polar surface area (TPSA) is 29.5 Å². The van der Waals surface area contributed by atoms with Crippen LogP contribution in [-0.4, -0.2) is 44.0 Å². The van der Waals surface area contributed by atoms with E-state index in [1.165, 1.54) is 19.3 Å². The van der Waals surface area contributed by atoms with E-state index >= 15 is 0 Å². The molecule has 0 N–H and O–H groups in total. The summed E-state index contributed by atoms with van der Waals surface area (Å²) < 4.78 is 5.40. The average molecular weight is 239 g/mol. The van der Waals surface area contributed by atoms with Crippen molar-refractivity contribution in [3.05, 3.63) is 0 Å². The summed E-state index contributed by atoms with van der Waals surface area (Å²) in [7, 11) is 0. The van der Waals surface area contributed by atoms with Crippen molar-refractivity contribution in [3.8, 4) is 0 Å². The van der Waals surface area contributed by atoms with Crippen molar-refractivity contribution in [1.82, 2.24) is 4.90 Å². The highest BCUT2D eigenvalue weighted by atomic mass is 16.5. The number of likely N-dealkylation sites (tertiary alicyclic amines) is 1. The summed E-state index contributed by atoms with van der Waals surface area (Å²) in [6.45, 7) is 9.22. The van der Waals surface area contributed by atoms with Gasteiger partial charge in [-0.05, 0) is 37.8 Å². The summed E-state index contributed by atoms with van der Waals surface area (Å²) in [6, 6.07) is 0. The van der Waals surface area contributed by atoms with E-state index in [9.17, 15) is 4.79 Å². The molecule has 98 valence electrons. The first-order valence-electron chi connectivity index (χ1n) is 6.88. The molecule has 0 aromatic rings. The van der Waals surface area contributed by atoms with Gasteiger partial charge in [0.25, 0.3) is 0 Å². The van der Waals surface area contributed by atoms with Crippen LogP contribution in [0.2, 0.25) is 0 Å². The van der Waals surface area contributed by atoms with Crippen LogP contribution in [0.5, 0.6) is 0 Å². The predicted molar refractivity (Wildman–Crippen MR) is 68.0 cm³/mol. The zero-order valence-corrected chi connectivity index (χ0v) is 11.2. The summed E-state index contributed by atoms with van der Waals surface area (Å²) >= 11 is 0. The molecule has 0 bridgehead atoms. The van der Waals surface area contributed by atoms with Gasteiger partial charge in [0.05, 0.1) is 12.0 Å². The van der Waals surface area contributed by atoms with Gasteiger partial charge < -0.3 is 14.4 Å². The maximum absolute atomic E-state index is 11.3. The fraction of sp³-hybridized carbons (Fsp3) is 0.929. The van der Waals surface area contributed by atoms with Crippen molar-refractivity contribution in [3.63, 3.8) is 0 Å². The fourth-order valence-electron chi connectivity index (χ4n) is 2.93. The molecule has 0 radical (unpaired) electrons. The molecule has 1 unspecified atom stereocenters. The number of carbonyl (C=O) groups excluding carboxylic acids is 1. The Balaban J connectivity index is 1.87. The predicted octanol–water partition coefficient (Wildman–Crippen LogP) is 2.10. The van der Waals surface area contributed by atoms with Crippen molar-refractivity contribution in [2.75, 3.05) is 32.8 Å². The Morgan fingerprint density at radius 2 is 2.00 bits per heavy atom. The summed E-state index contributed by atoms with van der Waals surface area (Å²) in [5, 5.41) is 0. The van der Waals surface area contributed by atoms with Crippen LogP contribution < -0.4 is 0 Å². The normalized spacial score (nSPS) is 33.8. The molecule has 2 aliphatic heterocycles. The summed E-state index contributed by atoms with van der Waals surface area (Å²) in [5.74, 6) is 0. The molecular weight excluding hydrogens is 214 g/mol. The van der Waals surface area contributed by atoms with Crippen molar-refractivity contribution in [2.45, 2.75) is 39.5 Å². The molecule has 17 heavy (non-hydrogen) atoms. The molecule has 2 fully saturated rings. The Morgan fingerprint density at radius 1 is 1.29 bits per heavy atom. The van der Waals surface area contributed by atoms with Gasteiger partial charge >= 0.3 is 0 Å². The minimum absolute atomic E-state index is 0.208. The lowest BCUT2D eigenvalue weighted by molar-refractivity contribution is -0.117. The minimum atomic E-state index is -0.208. The number of ether oxygens (including phenoxy) is 1. The Hall–Kier alpha value is -0.410. The van der Waals surface area contributed by atoms with Crippen LogP contribution in [0.25, 0.3) is 0 Å². The molecular formula is C14H25NO2. The van der Waals surface area contributed by atoms with Crippen molar-refractivity contribution >= 4 is 6.29 Å². The molecule has 0 spiro atoms. The first-order valence-corrected chi connectivity index (χ1v) is 6.88. The number of rotatable bonds is 4. The summed E-state index contributed by atoms with van der Waals surface area (Å²) in [5.41, 5.74) is 0.316. The number of hydrogen-bond donors (Lipinski definition) is 0. The van der Waals surface area contributed by atoms with E-state index in [0.29, 0.717) is 12.0 Å². The van der Waals surface area contributed by atoms with E-state index in [1.807, 2.05) is 0 Å². The lowest BCUT2D eigenvalue weighted by Gasteiger charge is -2.41. The van der Waals surface area contributed by atoms with Crippen LogP contribution in [0.4, 0.5) is 0 Å². The summed E-state index contributed by atoms with van der Waals surface area (Å²) in [4.78, 5) is 13.7. The Labute approximate surface area is 105 Å². The fourth-order valence-corrected chi connectivity index (χ4v) is 2.93. The van der Waals surface area contributed by atoms with Gasteiger partial charge in [0.2, 0.25) is 0 Å². The second-order valence-electron chi connectivity index (χ2n) is 6.22. The standard InChI is InChI=1S/C14H25NO2/c1-3-13(2)4-7-15(8-5-13)10-14(11-16)6-9-17-12-14/h11H,3-10,12H2,1-2H3. The van der Waals surface area contributed by atoms with Crippen LogP contribution >= 0.6 is 0 Å². The van der Waals surface area contributed by atoms with Gasteiger partial charge in [-0.15, -0.1) is 0 Å². The molecule has 2 saturated heterocycles. The minimum Gasteiger partial charge on any atom is -0.380 e. The number of carbonyl (C=O) groups is 1. The zero-order chi connectivity index (χ0) is 12.4. The van der Waals surface area contributed by atoms with Crippen molar-refractivity contribution < 1.29 is 9.53 Å². The van der Waals surface area contributed by atoms with Gasteiger partial charge in [-0.25, -0.2) is 0 Å². The van der Waals surface area contributed by atoms with Crippen LogP contribution in [0.3, 0.4) is 0 Å². The first-order chi connectivity index (χ1) is 8.11. The molecule has 2 aliphatic rings. The second kappa shape index (κ2) is 5.07. The number of hydrogen-bond acceptors (Lipinski definition) is 3. The van der Waals surface area contributed by atoms with Gasteiger partial charge in [0, 0.05) is 13.2 Å². The van der Waals surface area contributed by atoms with E-state index < -0.39 is 0 Å². The van der Waals surface area contributed by atoms with Crippen LogP contribution in [-0.2, 0) is 9.53 Å². The third kappa shape index (κ3) is 2.89. The molecule has 0 aliphatic carbocycles. The molecule has 0 aromatic carbocycles. The highest BCUT2D eigenvalue weighted by Gasteiger charge is 2.38. The molecule has 1 atom stereocenters. The molecule has 3 nitrogen and oxygen atoms in total. The highest BCUT2D eigenvalue weighted by Crippen LogP contribution is 2.36. The monoisotopic (exact) mass is 239 g/mol. The van der Waals surface area contributed by atoms with Gasteiger partial charge in [0.15, 0.2) is 0 Å². The lowest BCUT2D eigenvalue weighted by atomic mass is 9.77. The molecule has 3 heteroatoms. The third-order valence-corrected chi connectivity index (χ3v) is 4.84. The quantitative estimate of drug-likeness (QED) is 0.704. The van der Waals surface area contributed by atoms with Gasteiger partial charge in [-0.3, -0.25) is 0 Å².